The largest absolute Gasteiger partial charge is 0.486 e. The van der Waals surface area contributed by atoms with E-state index in [0.29, 0.717) is 10.6 Å². The van der Waals surface area contributed by atoms with Gasteiger partial charge in [0.25, 0.3) is 0 Å². The first kappa shape index (κ1) is 16.4. The van der Waals surface area contributed by atoms with Gasteiger partial charge >= 0.3 is 12.2 Å². The Bertz CT molecular complexity index is 508. The molecule has 1 saturated heterocycles. The lowest BCUT2D eigenvalue weighted by Gasteiger charge is -2.47. The second kappa shape index (κ2) is 6.43. The van der Waals surface area contributed by atoms with Crippen molar-refractivity contribution in [3.63, 3.8) is 0 Å². The maximum Gasteiger partial charge on any atom is 0.412 e. The first-order valence-electron chi connectivity index (χ1n) is 6.80. The molecule has 1 aliphatic heterocycles. The molecule has 2 amide bonds. The number of rotatable bonds is 4. The van der Waals surface area contributed by atoms with Crippen LogP contribution in [0.15, 0.2) is 30.3 Å². The highest BCUT2D eigenvalue weighted by Gasteiger charge is 2.58. The molecule has 2 rings (SSSR count). The summed E-state index contributed by atoms with van der Waals surface area (Å²) in [6.45, 7) is 1.16. The molecule has 2 unspecified atom stereocenters. The Morgan fingerprint density at radius 3 is 2.64 bits per heavy atom. The quantitative estimate of drug-likeness (QED) is 0.889. The number of amides is 2. The van der Waals surface area contributed by atoms with Crippen molar-refractivity contribution in [3.05, 3.63) is 30.3 Å². The molecule has 0 aromatic heterocycles. The molecule has 0 spiro atoms. The second-order valence-corrected chi connectivity index (χ2v) is 5.14. The van der Waals surface area contributed by atoms with E-state index in [-0.39, 0.29) is 13.1 Å². The number of hydrogen-bond donors (Lipinski definition) is 2. The van der Waals surface area contributed by atoms with Crippen LogP contribution in [0.4, 0.5) is 18.0 Å². The Morgan fingerprint density at radius 1 is 1.45 bits per heavy atom. The van der Waals surface area contributed by atoms with E-state index in [9.17, 15) is 18.0 Å². The summed E-state index contributed by atoms with van der Waals surface area (Å²) in [5.74, 6) is 0.325. The minimum absolute atomic E-state index is 0.107. The van der Waals surface area contributed by atoms with Gasteiger partial charge in [-0.3, -0.25) is 0 Å². The molecule has 2 N–H and O–H groups in total. The molecule has 1 aliphatic rings. The lowest BCUT2D eigenvalue weighted by atomic mass is 9.99. The minimum atomic E-state index is -4.58. The third-order valence-electron chi connectivity index (χ3n) is 3.24. The van der Waals surface area contributed by atoms with E-state index in [4.69, 9.17) is 9.84 Å². The Labute approximate surface area is 125 Å². The number of alkyl halides is 3. The lowest BCUT2D eigenvalue weighted by Crippen LogP contribution is -2.71. The molecule has 0 radical (unpaired) electrons. The van der Waals surface area contributed by atoms with Gasteiger partial charge in [0.05, 0.1) is 12.6 Å². The zero-order valence-corrected chi connectivity index (χ0v) is 11.9. The number of urea groups is 1. The monoisotopic (exact) mass is 318 g/mol. The van der Waals surface area contributed by atoms with Crippen molar-refractivity contribution in [1.29, 1.82) is 0 Å². The number of ether oxygens (including phenoxy) is 1. The van der Waals surface area contributed by atoms with E-state index in [1.165, 1.54) is 6.92 Å². The number of likely N-dealkylation sites (tertiary alicyclic amines) is 1. The van der Waals surface area contributed by atoms with Crippen molar-refractivity contribution in [2.75, 3.05) is 13.1 Å². The third-order valence-corrected chi connectivity index (χ3v) is 3.24. The van der Waals surface area contributed by atoms with E-state index in [0.717, 1.165) is 0 Å². The predicted octanol–water partition coefficient (Wildman–Crippen LogP) is 1.77. The molecule has 0 bridgehead atoms. The van der Waals surface area contributed by atoms with Crippen molar-refractivity contribution in [3.8, 4) is 5.75 Å². The van der Waals surface area contributed by atoms with Crippen LogP contribution in [-0.4, -0.2) is 53.6 Å². The molecular weight excluding hydrogens is 301 g/mol. The Kier molecular flexibility index (Phi) is 4.80. The molecule has 1 aromatic rings. The van der Waals surface area contributed by atoms with Gasteiger partial charge in [0.2, 0.25) is 0 Å². The molecule has 0 saturated carbocycles. The molecule has 5 nitrogen and oxygen atoms in total. The fraction of sp³-hybridized carbons (Fsp3) is 0.500. The summed E-state index contributed by atoms with van der Waals surface area (Å²) in [7, 11) is 0. The van der Waals surface area contributed by atoms with Crippen LogP contribution >= 0.6 is 0 Å². The summed E-state index contributed by atoms with van der Waals surface area (Å²) in [5.41, 5.74) is 0. The molecule has 1 aromatic carbocycles. The van der Waals surface area contributed by atoms with Gasteiger partial charge in [-0.15, -0.1) is 0 Å². The first-order chi connectivity index (χ1) is 10.3. The normalized spacial score (nSPS) is 22.7. The number of halogens is 3. The van der Waals surface area contributed by atoms with Crippen molar-refractivity contribution < 1.29 is 27.8 Å². The van der Waals surface area contributed by atoms with E-state index in [1.807, 2.05) is 0 Å². The van der Waals surface area contributed by atoms with Crippen LogP contribution in [0, 0.1) is 0 Å². The van der Waals surface area contributed by atoms with Gasteiger partial charge in [0.1, 0.15) is 11.9 Å². The highest BCUT2D eigenvalue weighted by Crippen LogP contribution is 2.36. The molecule has 1 fully saturated rings. The van der Waals surface area contributed by atoms with Gasteiger partial charge in [0.15, 0.2) is 6.04 Å². The molecule has 122 valence electrons. The molecule has 22 heavy (non-hydrogen) atoms. The van der Waals surface area contributed by atoms with E-state index in [2.05, 4.69) is 5.32 Å². The molecular formula is C14H17F3N2O3. The summed E-state index contributed by atoms with van der Waals surface area (Å²) in [5, 5.41) is 11.3. The average molecular weight is 318 g/mol. The van der Waals surface area contributed by atoms with Crippen LogP contribution in [0.3, 0.4) is 0 Å². The summed E-state index contributed by atoms with van der Waals surface area (Å²) in [4.78, 5) is 12.4. The zero-order valence-electron chi connectivity index (χ0n) is 11.9. The van der Waals surface area contributed by atoms with Crippen molar-refractivity contribution >= 4 is 6.03 Å². The number of nitrogens with zero attached hydrogens (tertiary/aromatic N) is 1. The van der Waals surface area contributed by atoms with E-state index >= 15 is 0 Å². The molecule has 8 heteroatoms. The molecule has 3 atom stereocenters. The van der Waals surface area contributed by atoms with Gasteiger partial charge in [-0.1, -0.05) is 18.2 Å². The Morgan fingerprint density at radius 2 is 2.09 bits per heavy atom. The number of carbonyl (C=O) groups is 1. The van der Waals surface area contributed by atoms with E-state index < -0.39 is 30.5 Å². The highest BCUT2D eigenvalue weighted by molar-refractivity contribution is 5.76. The topological polar surface area (TPSA) is 61.8 Å². The predicted molar refractivity (Wildman–Crippen MR) is 72.5 cm³/mol. The molecule has 0 aliphatic carbocycles. The Hall–Kier alpha value is -1.96. The van der Waals surface area contributed by atoms with Crippen LogP contribution in [0.5, 0.6) is 5.75 Å². The maximum atomic E-state index is 13.1. The number of para-hydroxylation sites is 1. The number of benzene rings is 1. The van der Waals surface area contributed by atoms with Crippen LogP contribution in [0.2, 0.25) is 0 Å². The lowest BCUT2D eigenvalue weighted by molar-refractivity contribution is -0.229. The van der Waals surface area contributed by atoms with Crippen molar-refractivity contribution in [2.45, 2.75) is 31.3 Å². The van der Waals surface area contributed by atoms with Crippen LogP contribution in [-0.2, 0) is 0 Å². The summed E-state index contributed by atoms with van der Waals surface area (Å²) in [6, 6.07) is 5.29. The fourth-order valence-electron chi connectivity index (χ4n) is 2.18. The smallest absolute Gasteiger partial charge is 0.412 e. The van der Waals surface area contributed by atoms with E-state index in [1.54, 1.807) is 30.3 Å². The first-order valence-corrected chi connectivity index (χ1v) is 6.80. The van der Waals surface area contributed by atoms with Gasteiger partial charge < -0.3 is 20.1 Å². The van der Waals surface area contributed by atoms with Crippen molar-refractivity contribution in [2.24, 2.45) is 0 Å². The van der Waals surface area contributed by atoms with Gasteiger partial charge in [0, 0.05) is 6.54 Å². The van der Waals surface area contributed by atoms with Gasteiger partial charge in [-0.2, -0.15) is 13.2 Å². The van der Waals surface area contributed by atoms with Crippen LogP contribution in [0.25, 0.3) is 0 Å². The Balaban J connectivity index is 2.01. The average Bonchev–Trinajstić information content (AvgIpc) is 2.39. The third kappa shape index (κ3) is 3.82. The number of aliphatic hydroxyl groups excluding tert-OH is 1. The number of hydrogen-bond acceptors (Lipinski definition) is 3. The standard InChI is InChI=1S/C14H17F3N2O3/c1-9(20)7-18-13(21)19-8-11(12(19)14(15,16)17)22-10-5-3-2-4-6-10/h2-6,9,11-12,20H,7-8H2,1H3,(H,18,21)/t9?,11-,12?/m1/s1. The van der Waals surface area contributed by atoms with Crippen molar-refractivity contribution in [1.82, 2.24) is 10.2 Å². The summed E-state index contributed by atoms with van der Waals surface area (Å²) >= 11 is 0. The van der Waals surface area contributed by atoms with Crippen LogP contribution in [0.1, 0.15) is 6.92 Å². The SMILES string of the molecule is CC(O)CNC(=O)N1C[C@@H](Oc2ccccc2)C1C(F)(F)F. The highest BCUT2D eigenvalue weighted by atomic mass is 19.4. The van der Waals surface area contributed by atoms with Gasteiger partial charge in [-0.25, -0.2) is 4.79 Å². The zero-order chi connectivity index (χ0) is 16.3. The fourth-order valence-corrected chi connectivity index (χ4v) is 2.18. The van der Waals surface area contributed by atoms with Crippen LogP contribution < -0.4 is 10.1 Å². The number of nitrogens with one attached hydrogen (secondary N) is 1. The summed E-state index contributed by atoms with van der Waals surface area (Å²) in [6.07, 6.45) is -6.55. The van der Waals surface area contributed by atoms with Gasteiger partial charge in [-0.05, 0) is 19.1 Å². The second-order valence-electron chi connectivity index (χ2n) is 5.14. The number of carbonyl (C=O) groups excluding carboxylic acids is 1. The minimum Gasteiger partial charge on any atom is -0.486 e. The summed E-state index contributed by atoms with van der Waals surface area (Å²) < 4.78 is 44.6. The number of aliphatic hydroxyl groups is 1. The molecule has 1 heterocycles. The maximum absolute atomic E-state index is 13.1.